The summed E-state index contributed by atoms with van der Waals surface area (Å²) >= 11 is 3.32. The van der Waals surface area contributed by atoms with Gasteiger partial charge in [-0.2, -0.15) is 0 Å². The number of amides is 1. The highest BCUT2D eigenvalue weighted by molar-refractivity contribution is 9.10. The van der Waals surface area contributed by atoms with Crippen molar-refractivity contribution in [3.63, 3.8) is 0 Å². The lowest BCUT2D eigenvalue weighted by Gasteiger charge is -2.26. The molecule has 0 unspecified atom stereocenters. The van der Waals surface area contributed by atoms with Crippen LogP contribution in [0.1, 0.15) is 0 Å². The van der Waals surface area contributed by atoms with E-state index in [1.807, 2.05) is 0 Å². The molecule has 0 saturated carbocycles. The van der Waals surface area contributed by atoms with Crippen molar-refractivity contribution in [3.8, 4) is 11.5 Å². The zero-order valence-corrected chi connectivity index (χ0v) is 20.5. The average molecular weight is 550 g/mol. The first-order valence-electron chi connectivity index (χ1n) is 9.71. The standard InChI is InChI=1S/C22H20BrN3O7S/c1-32-15-11-12-18(20(13-15)33-2)25(14-22(27)24-17-8-4-3-7-16(17)23)34(30,31)21-10-6-5-9-19(21)26(28)29/h3-13H,14H2,1-2H3,(H,24,27). The number of halogens is 1. The number of benzene rings is 3. The minimum absolute atomic E-state index is 0.00345. The number of anilines is 2. The van der Waals surface area contributed by atoms with Gasteiger partial charge in [0.2, 0.25) is 5.91 Å². The summed E-state index contributed by atoms with van der Waals surface area (Å²) in [4.78, 5) is 23.1. The molecule has 3 aromatic carbocycles. The maximum absolute atomic E-state index is 13.7. The van der Waals surface area contributed by atoms with Crippen LogP contribution in [0.15, 0.2) is 76.1 Å². The van der Waals surface area contributed by atoms with Crippen molar-refractivity contribution in [3.05, 3.63) is 81.3 Å². The first kappa shape index (κ1) is 25.0. The molecule has 1 amide bonds. The van der Waals surface area contributed by atoms with Gasteiger partial charge >= 0.3 is 0 Å². The Balaban J connectivity index is 2.12. The highest BCUT2D eigenvalue weighted by Crippen LogP contribution is 2.37. The predicted octanol–water partition coefficient (Wildman–Crippen LogP) is 4.21. The van der Waals surface area contributed by atoms with Crippen LogP contribution < -0.4 is 19.1 Å². The third kappa shape index (κ3) is 5.29. The SMILES string of the molecule is COc1ccc(N(CC(=O)Nc2ccccc2Br)S(=O)(=O)c2ccccc2[N+](=O)[O-])c(OC)c1. The molecule has 0 aromatic heterocycles. The molecule has 0 atom stereocenters. The van der Waals surface area contributed by atoms with Gasteiger partial charge in [0.1, 0.15) is 18.0 Å². The van der Waals surface area contributed by atoms with Crippen LogP contribution >= 0.6 is 15.9 Å². The number of nitrogens with one attached hydrogen (secondary N) is 1. The molecule has 0 saturated heterocycles. The average Bonchev–Trinajstić information content (AvgIpc) is 2.83. The maximum atomic E-state index is 13.7. The number of hydrogen-bond donors (Lipinski definition) is 1. The molecule has 0 fully saturated rings. The molecule has 178 valence electrons. The van der Waals surface area contributed by atoms with E-state index in [9.17, 15) is 23.3 Å². The van der Waals surface area contributed by atoms with Gasteiger partial charge in [-0.05, 0) is 46.3 Å². The Kier molecular flexibility index (Phi) is 7.74. The number of rotatable bonds is 9. The molecule has 0 aliphatic rings. The van der Waals surface area contributed by atoms with Gasteiger partial charge in [0.15, 0.2) is 4.90 Å². The molecular formula is C22H20BrN3O7S. The quantitative estimate of drug-likeness (QED) is 0.312. The fraction of sp³-hybridized carbons (Fsp3) is 0.136. The number of para-hydroxylation sites is 2. The second-order valence-corrected chi connectivity index (χ2v) is 9.49. The summed E-state index contributed by atoms with van der Waals surface area (Å²) in [6.45, 7) is -0.682. The molecule has 1 N–H and O–H groups in total. The van der Waals surface area contributed by atoms with Crippen LogP contribution in [0.5, 0.6) is 11.5 Å². The number of nitrogens with zero attached hydrogens (tertiary/aromatic N) is 2. The summed E-state index contributed by atoms with van der Waals surface area (Å²) < 4.78 is 39.2. The molecular weight excluding hydrogens is 530 g/mol. The number of nitro groups is 1. The van der Waals surface area contributed by atoms with E-state index < -0.39 is 38.0 Å². The zero-order valence-electron chi connectivity index (χ0n) is 18.1. The Bertz CT molecular complexity index is 1330. The van der Waals surface area contributed by atoms with Crippen LogP contribution in [0.3, 0.4) is 0 Å². The Morgan fingerprint density at radius 3 is 2.38 bits per heavy atom. The van der Waals surface area contributed by atoms with E-state index >= 15 is 0 Å². The Morgan fingerprint density at radius 2 is 1.74 bits per heavy atom. The van der Waals surface area contributed by atoms with E-state index in [1.54, 1.807) is 24.3 Å². The minimum Gasteiger partial charge on any atom is -0.497 e. The molecule has 0 heterocycles. The number of sulfonamides is 1. The van der Waals surface area contributed by atoms with Gasteiger partial charge in [0, 0.05) is 16.6 Å². The van der Waals surface area contributed by atoms with Crippen molar-refractivity contribution >= 4 is 48.9 Å². The van der Waals surface area contributed by atoms with E-state index in [1.165, 1.54) is 44.6 Å². The number of hydrogen-bond acceptors (Lipinski definition) is 7. The summed E-state index contributed by atoms with van der Waals surface area (Å²) in [5.41, 5.74) is -0.188. The Hall–Kier alpha value is -3.64. The van der Waals surface area contributed by atoms with E-state index in [-0.39, 0.29) is 11.4 Å². The van der Waals surface area contributed by atoms with Crippen LogP contribution in [0.2, 0.25) is 0 Å². The molecule has 3 aromatic rings. The van der Waals surface area contributed by atoms with Crippen molar-refractivity contribution in [1.82, 2.24) is 0 Å². The maximum Gasteiger partial charge on any atom is 0.289 e. The van der Waals surface area contributed by atoms with Crippen molar-refractivity contribution in [2.45, 2.75) is 4.90 Å². The second kappa shape index (κ2) is 10.5. The van der Waals surface area contributed by atoms with E-state index in [0.717, 1.165) is 16.4 Å². The van der Waals surface area contributed by atoms with Gasteiger partial charge in [-0.15, -0.1) is 0 Å². The fourth-order valence-electron chi connectivity index (χ4n) is 3.12. The third-order valence-electron chi connectivity index (χ3n) is 4.72. The Morgan fingerprint density at radius 1 is 1.06 bits per heavy atom. The minimum atomic E-state index is -4.58. The van der Waals surface area contributed by atoms with E-state index in [0.29, 0.717) is 15.9 Å². The summed E-state index contributed by atoms with van der Waals surface area (Å²) in [5.74, 6) is -0.191. The summed E-state index contributed by atoms with van der Waals surface area (Å²) in [6.07, 6.45) is 0. The normalized spacial score (nSPS) is 10.9. The van der Waals surface area contributed by atoms with Crippen molar-refractivity contribution in [2.24, 2.45) is 0 Å². The van der Waals surface area contributed by atoms with Crippen molar-refractivity contribution in [1.29, 1.82) is 0 Å². The Labute approximate surface area is 204 Å². The molecule has 0 radical (unpaired) electrons. The molecule has 0 bridgehead atoms. The van der Waals surface area contributed by atoms with Gasteiger partial charge in [0.05, 0.1) is 30.5 Å². The number of methoxy groups -OCH3 is 2. The zero-order chi connectivity index (χ0) is 24.9. The van der Waals surface area contributed by atoms with Crippen LogP contribution in [-0.2, 0) is 14.8 Å². The van der Waals surface area contributed by atoms with Gasteiger partial charge < -0.3 is 14.8 Å². The number of carbonyl (C=O) groups excluding carboxylic acids is 1. The van der Waals surface area contributed by atoms with Crippen LogP contribution in [0, 0.1) is 10.1 Å². The summed E-state index contributed by atoms with van der Waals surface area (Å²) in [6, 6.07) is 16.1. The van der Waals surface area contributed by atoms with Gasteiger partial charge in [0.25, 0.3) is 15.7 Å². The highest BCUT2D eigenvalue weighted by Gasteiger charge is 2.34. The number of carbonyl (C=O) groups is 1. The topological polar surface area (TPSA) is 128 Å². The summed E-state index contributed by atoms with van der Waals surface area (Å²) in [5, 5.41) is 14.2. The van der Waals surface area contributed by atoms with Crippen LogP contribution in [0.25, 0.3) is 0 Å². The molecule has 3 rings (SSSR count). The highest BCUT2D eigenvalue weighted by atomic mass is 79.9. The smallest absolute Gasteiger partial charge is 0.289 e. The molecule has 0 aliphatic heterocycles. The third-order valence-corrected chi connectivity index (χ3v) is 7.22. The fourth-order valence-corrected chi connectivity index (χ4v) is 5.09. The summed E-state index contributed by atoms with van der Waals surface area (Å²) in [7, 11) is -1.82. The van der Waals surface area contributed by atoms with Crippen LogP contribution in [-0.4, -0.2) is 40.0 Å². The van der Waals surface area contributed by atoms with Crippen molar-refractivity contribution in [2.75, 3.05) is 30.4 Å². The lowest BCUT2D eigenvalue weighted by atomic mass is 10.2. The number of ether oxygens (including phenoxy) is 2. The van der Waals surface area contributed by atoms with E-state index in [4.69, 9.17) is 9.47 Å². The molecule has 0 aliphatic carbocycles. The lowest BCUT2D eigenvalue weighted by Crippen LogP contribution is -2.38. The first-order valence-corrected chi connectivity index (χ1v) is 11.9. The van der Waals surface area contributed by atoms with Gasteiger partial charge in [-0.3, -0.25) is 19.2 Å². The molecule has 12 heteroatoms. The molecule has 0 spiro atoms. The van der Waals surface area contributed by atoms with E-state index in [2.05, 4.69) is 21.2 Å². The van der Waals surface area contributed by atoms with Crippen LogP contribution in [0.4, 0.5) is 17.1 Å². The number of nitro benzene ring substituents is 1. The molecule has 34 heavy (non-hydrogen) atoms. The largest absolute Gasteiger partial charge is 0.497 e. The molecule has 10 nitrogen and oxygen atoms in total. The predicted molar refractivity (Wildman–Crippen MR) is 130 cm³/mol. The monoisotopic (exact) mass is 549 g/mol. The first-order chi connectivity index (χ1) is 16.2. The van der Waals surface area contributed by atoms with Gasteiger partial charge in [-0.25, -0.2) is 8.42 Å². The second-order valence-electron chi connectivity index (χ2n) is 6.80. The van der Waals surface area contributed by atoms with Crippen molar-refractivity contribution < 1.29 is 27.6 Å². The lowest BCUT2D eigenvalue weighted by molar-refractivity contribution is -0.387. The van der Waals surface area contributed by atoms with Gasteiger partial charge in [-0.1, -0.05) is 24.3 Å².